The number of hydrogen-bond acceptors (Lipinski definition) is 3. The average molecular weight is 301 g/mol. The van der Waals surface area contributed by atoms with E-state index in [9.17, 15) is 13.2 Å². The Hall–Kier alpha value is -1.13. The number of carbonyl (C=O) groups excluding carboxylic acids is 1. The number of benzene rings is 1. The summed E-state index contributed by atoms with van der Waals surface area (Å²) < 4.78 is 23.7. The Morgan fingerprint density at radius 2 is 2.05 bits per heavy atom. The van der Waals surface area contributed by atoms with E-state index in [4.69, 9.17) is 11.6 Å². The molecule has 1 rings (SSSR count). The lowest BCUT2D eigenvalue weighted by Gasteiger charge is -2.16. The number of aryl methyl sites for hydroxylation is 1. The summed E-state index contributed by atoms with van der Waals surface area (Å²) in [6.45, 7) is 7.44. The van der Waals surface area contributed by atoms with Gasteiger partial charge in [0.15, 0.2) is 9.84 Å². The molecule has 0 aliphatic rings. The maximum Gasteiger partial charge on any atom is 0.252 e. The predicted octanol–water partition coefficient (Wildman–Crippen LogP) is 3.32. The monoisotopic (exact) mass is 300 g/mol. The number of hydrogen-bond donors (Lipinski definition) is 0. The summed E-state index contributed by atoms with van der Waals surface area (Å²) in [7, 11) is -3.43. The molecule has 0 heterocycles. The lowest BCUT2D eigenvalue weighted by atomic mass is 9.95. The molecule has 3 nitrogen and oxygen atoms in total. The Balaban J connectivity index is 3.72. The molecule has 5 heteroatoms. The van der Waals surface area contributed by atoms with Crippen molar-refractivity contribution in [3.63, 3.8) is 0 Å². The highest BCUT2D eigenvalue weighted by Gasteiger charge is 2.21. The Morgan fingerprint density at radius 3 is 2.42 bits per heavy atom. The summed E-state index contributed by atoms with van der Waals surface area (Å²) >= 11 is 5.52. The van der Waals surface area contributed by atoms with Crippen molar-refractivity contribution in [2.75, 3.05) is 6.26 Å². The van der Waals surface area contributed by atoms with E-state index in [-0.39, 0.29) is 16.4 Å². The summed E-state index contributed by atoms with van der Waals surface area (Å²) in [5, 5.41) is -0.639. The van der Waals surface area contributed by atoms with E-state index in [0.717, 1.165) is 11.8 Å². The second-order valence-corrected chi connectivity index (χ2v) is 6.80. The summed E-state index contributed by atoms with van der Waals surface area (Å²) in [6, 6.07) is 3.11. The number of allylic oxidation sites excluding steroid dienone is 1. The molecule has 0 saturated carbocycles. The largest absolute Gasteiger partial charge is 0.276 e. The third kappa shape index (κ3) is 3.45. The first-order valence-electron chi connectivity index (χ1n) is 5.91. The molecule has 104 valence electrons. The van der Waals surface area contributed by atoms with Crippen molar-refractivity contribution < 1.29 is 13.2 Å². The molecule has 0 aromatic heterocycles. The molecule has 1 unspecified atom stereocenters. The fourth-order valence-electron chi connectivity index (χ4n) is 1.92. The van der Waals surface area contributed by atoms with Crippen molar-refractivity contribution in [2.45, 2.75) is 31.1 Å². The first-order chi connectivity index (χ1) is 8.72. The molecular weight excluding hydrogens is 284 g/mol. The van der Waals surface area contributed by atoms with Crippen LogP contribution in [-0.4, -0.2) is 19.9 Å². The minimum atomic E-state index is -3.43. The smallest absolute Gasteiger partial charge is 0.252 e. The molecule has 0 fully saturated rings. The molecular formula is C14H17ClO3S. The summed E-state index contributed by atoms with van der Waals surface area (Å²) in [5.41, 5.74) is 1.65. The van der Waals surface area contributed by atoms with Crippen molar-refractivity contribution in [2.24, 2.45) is 0 Å². The van der Waals surface area contributed by atoms with E-state index in [1.807, 2.05) is 13.8 Å². The highest BCUT2D eigenvalue weighted by Crippen LogP contribution is 2.29. The van der Waals surface area contributed by atoms with Crippen LogP contribution in [0.2, 0.25) is 0 Å². The van der Waals surface area contributed by atoms with E-state index in [0.29, 0.717) is 12.0 Å². The van der Waals surface area contributed by atoms with Gasteiger partial charge in [-0.1, -0.05) is 26.0 Å². The summed E-state index contributed by atoms with van der Waals surface area (Å²) in [5.74, 6) is -0.116. The van der Waals surface area contributed by atoms with Crippen LogP contribution in [-0.2, 0) is 16.3 Å². The van der Waals surface area contributed by atoms with Crippen LogP contribution in [0.5, 0.6) is 0 Å². The maximum atomic E-state index is 11.9. The predicted molar refractivity (Wildman–Crippen MR) is 77.7 cm³/mol. The minimum absolute atomic E-state index is 0.116. The van der Waals surface area contributed by atoms with Gasteiger partial charge in [0.1, 0.15) is 0 Å². The van der Waals surface area contributed by atoms with Gasteiger partial charge in [0.05, 0.1) is 4.90 Å². The molecule has 0 N–H and O–H groups in total. The number of rotatable bonds is 5. The van der Waals surface area contributed by atoms with E-state index in [1.54, 1.807) is 12.1 Å². The minimum Gasteiger partial charge on any atom is -0.276 e. The molecule has 0 spiro atoms. The summed E-state index contributed by atoms with van der Waals surface area (Å²) in [4.78, 5) is 11.5. The highest BCUT2D eigenvalue weighted by atomic mass is 35.5. The number of halogens is 1. The highest BCUT2D eigenvalue weighted by molar-refractivity contribution is 7.90. The molecule has 0 aliphatic heterocycles. The molecule has 0 aliphatic carbocycles. The number of carbonyl (C=O) groups is 1. The second-order valence-electron chi connectivity index (χ2n) is 4.47. The standard InChI is InChI=1S/C14H17ClO3S/c1-5-9(3)11-7-10(6-2)12(14(15)16)8-13(11)19(4,17)18/h5,7-9H,1,6H2,2-4H3. The Morgan fingerprint density at radius 1 is 1.47 bits per heavy atom. The van der Waals surface area contributed by atoms with Crippen molar-refractivity contribution in [1.82, 2.24) is 0 Å². The lowest BCUT2D eigenvalue weighted by molar-refractivity contribution is 0.108. The average Bonchev–Trinajstić information content (AvgIpc) is 2.34. The second kappa shape index (κ2) is 5.88. The van der Waals surface area contributed by atoms with Crippen molar-refractivity contribution >= 4 is 26.7 Å². The fourth-order valence-corrected chi connectivity index (χ4v) is 3.10. The SMILES string of the molecule is C=CC(C)c1cc(CC)c(C(=O)Cl)cc1S(C)(=O)=O. The van der Waals surface area contributed by atoms with E-state index in [1.165, 1.54) is 6.07 Å². The van der Waals surface area contributed by atoms with Gasteiger partial charge in [0.2, 0.25) is 0 Å². The number of sulfone groups is 1. The zero-order valence-electron chi connectivity index (χ0n) is 11.2. The van der Waals surface area contributed by atoms with Gasteiger partial charge in [0, 0.05) is 11.8 Å². The Labute approximate surface area is 119 Å². The normalized spacial score (nSPS) is 13.1. The van der Waals surface area contributed by atoms with Crippen LogP contribution in [0.1, 0.15) is 41.3 Å². The lowest BCUT2D eigenvalue weighted by Crippen LogP contribution is -2.09. The van der Waals surface area contributed by atoms with E-state index < -0.39 is 15.1 Å². The maximum absolute atomic E-state index is 11.9. The first kappa shape index (κ1) is 15.9. The van der Waals surface area contributed by atoms with Crippen LogP contribution in [0.3, 0.4) is 0 Å². The quantitative estimate of drug-likeness (QED) is 0.619. The van der Waals surface area contributed by atoms with Gasteiger partial charge in [0.25, 0.3) is 5.24 Å². The van der Waals surface area contributed by atoms with Gasteiger partial charge in [-0.2, -0.15) is 0 Å². The zero-order valence-corrected chi connectivity index (χ0v) is 12.8. The van der Waals surface area contributed by atoms with E-state index >= 15 is 0 Å². The molecule has 1 aromatic rings. The van der Waals surface area contributed by atoms with Crippen LogP contribution in [0.15, 0.2) is 29.7 Å². The fraction of sp³-hybridized carbons (Fsp3) is 0.357. The van der Waals surface area contributed by atoms with E-state index in [2.05, 4.69) is 6.58 Å². The molecule has 0 saturated heterocycles. The van der Waals surface area contributed by atoms with Gasteiger partial charge in [-0.15, -0.1) is 6.58 Å². The third-order valence-electron chi connectivity index (χ3n) is 3.07. The van der Waals surface area contributed by atoms with Crippen LogP contribution >= 0.6 is 11.6 Å². The topological polar surface area (TPSA) is 51.2 Å². The van der Waals surface area contributed by atoms with Crippen LogP contribution in [0.25, 0.3) is 0 Å². The summed E-state index contributed by atoms with van der Waals surface area (Å²) in [6.07, 6.45) is 3.40. The first-order valence-corrected chi connectivity index (χ1v) is 8.18. The van der Waals surface area contributed by atoms with Gasteiger partial charge >= 0.3 is 0 Å². The molecule has 19 heavy (non-hydrogen) atoms. The van der Waals surface area contributed by atoms with Crippen LogP contribution in [0, 0.1) is 0 Å². The van der Waals surface area contributed by atoms with Crippen LogP contribution in [0.4, 0.5) is 0 Å². The molecule has 0 radical (unpaired) electrons. The zero-order chi connectivity index (χ0) is 14.8. The molecule has 0 bridgehead atoms. The van der Waals surface area contributed by atoms with Crippen molar-refractivity contribution in [3.8, 4) is 0 Å². The molecule has 1 aromatic carbocycles. The van der Waals surface area contributed by atoms with Gasteiger partial charge in [-0.25, -0.2) is 8.42 Å². The van der Waals surface area contributed by atoms with Crippen LogP contribution < -0.4 is 0 Å². The molecule has 0 amide bonds. The Kier molecular flexibility index (Phi) is 4.93. The molecule has 1 atom stereocenters. The van der Waals surface area contributed by atoms with Gasteiger partial charge < -0.3 is 0 Å². The van der Waals surface area contributed by atoms with Crippen molar-refractivity contribution in [3.05, 3.63) is 41.5 Å². The Bertz CT molecular complexity index is 618. The third-order valence-corrected chi connectivity index (χ3v) is 4.43. The van der Waals surface area contributed by atoms with Gasteiger partial charge in [-0.05, 0) is 41.1 Å². The van der Waals surface area contributed by atoms with Crippen molar-refractivity contribution in [1.29, 1.82) is 0 Å². The van der Waals surface area contributed by atoms with Gasteiger partial charge in [-0.3, -0.25) is 4.79 Å².